The van der Waals surface area contributed by atoms with Gasteiger partial charge in [-0.25, -0.2) is 4.79 Å². The van der Waals surface area contributed by atoms with E-state index >= 15 is 0 Å². The zero-order chi connectivity index (χ0) is 12.1. The quantitative estimate of drug-likeness (QED) is 0.344. The van der Waals surface area contributed by atoms with Crippen molar-refractivity contribution in [1.29, 1.82) is 0 Å². The van der Waals surface area contributed by atoms with Gasteiger partial charge in [-0.2, -0.15) is 0 Å². The summed E-state index contributed by atoms with van der Waals surface area (Å²) in [5, 5.41) is 19.4. The van der Waals surface area contributed by atoms with Gasteiger partial charge in [0.1, 0.15) is 5.56 Å². The molecule has 0 atom stereocenters. The highest BCUT2D eigenvalue weighted by molar-refractivity contribution is 5.93. The zero-order valence-corrected chi connectivity index (χ0v) is 7.84. The fraction of sp³-hybridized carbons (Fsp3) is 0. The van der Waals surface area contributed by atoms with Crippen molar-refractivity contribution in [1.82, 2.24) is 0 Å². The van der Waals surface area contributed by atoms with Crippen LogP contribution in [-0.2, 0) is 4.79 Å². The Morgan fingerprint density at radius 3 is 2.69 bits per heavy atom. The highest BCUT2D eigenvalue weighted by Gasteiger charge is 2.19. The number of hydrogen-bond acceptors (Lipinski definition) is 4. The number of nitro benzene ring substituents is 1. The van der Waals surface area contributed by atoms with Crippen molar-refractivity contribution in [3.05, 3.63) is 39.4 Å². The molecule has 0 radical (unpaired) electrons. The van der Waals surface area contributed by atoms with Crippen LogP contribution in [0.5, 0.6) is 0 Å². The van der Waals surface area contributed by atoms with Crippen LogP contribution in [0.15, 0.2) is 18.2 Å². The topological polar surface area (TPSA) is 97.5 Å². The van der Waals surface area contributed by atoms with E-state index in [2.05, 4.69) is 5.92 Å². The lowest BCUT2D eigenvalue weighted by Crippen LogP contribution is -2.03. The third-order valence-corrected chi connectivity index (χ3v) is 1.73. The number of aldehydes is 1. The maximum atomic E-state index is 10.8. The molecule has 1 N–H and O–H groups in total. The molecule has 0 aromatic heterocycles. The van der Waals surface area contributed by atoms with Crippen molar-refractivity contribution in [3.63, 3.8) is 0 Å². The largest absolute Gasteiger partial charge is 0.478 e. The van der Waals surface area contributed by atoms with Gasteiger partial charge in [0.25, 0.3) is 5.69 Å². The number of aromatic carboxylic acids is 1. The summed E-state index contributed by atoms with van der Waals surface area (Å²) in [6.45, 7) is 0. The molecule has 16 heavy (non-hydrogen) atoms. The standard InChI is InChI=1S/C10H5NO5/c12-6-2-4-7-8(10(13)14)3-1-5-9(7)11(15)16/h1,3,5-6H,(H,13,14). The molecule has 1 rings (SSSR count). The Morgan fingerprint density at radius 1 is 1.50 bits per heavy atom. The van der Waals surface area contributed by atoms with Crippen LogP contribution in [0.25, 0.3) is 0 Å². The van der Waals surface area contributed by atoms with E-state index in [1.807, 2.05) is 5.92 Å². The van der Waals surface area contributed by atoms with Crippen LogP contribution in [0.2, 0.25) is 0 Å². The van der Waals surface area contributed by atoms with Gasteiger partial charge in [-0.1, -0.05) is 12.0 Å². The summed E-state index contributed by atoms with van der Waals surface area (Å²) in [4.78, 5) is 30.7. The Labute approximate surface area is 89.7 Å². The van der Waals surface area contributed by atoms with Crippen LogP contribution in [0.4, 0.5) is 5.69 Å². The number of rotatable bonds is 2. The molecule has 6 nitrogen and oxygen atoms in total. The van der Waals surface area contributed by atoms with Gasteiger partial charge in [0.2, 0.25) is 0 Å². The van der Waals surface area contributed by atoms with Gasteiger partial charge >= 0.3 is 5.97 Å². The van der Waals surface area contributed by atoms with E-state index in [0.717, 1.165) is 6.07 Å². The van der Waals surface area contributed by atoms with Gasteiger partial charge in [0.15, 0.2) is 6.29 Å². The predicted molar refractivity (Wildman–Crippen MR) is 53.0 cm³/mol. The highest BCUT2D eigenvalue weighted by atomic mass is 16.6. The number of carbonyl (C=O) groups is 2. The summed E-state index contributed by atoms with van der Waals surface area (Å²) in [5.41, 5.74) is -1.01. The van der Waals surface area contributed by atoms with Crippen molar-refractivity contribution in [2.45, 2.75) is 0 Å². The Kier molecular flexibility index (Phi) is 3.35. The number of nitro groups is 1. The van der Waals surface area contributed by atoms with Crippen LogP contribution in [0.3, 0.4) is 0 Å². The Hall–Kier alpha value is -2.68. The maximum Gasteiger partial charge on any atom is 0.337 e. The molecule has 0 fully saturated rings. The highest BCUT2D eigenvalue weighted by Crippen LogP contribution is 2.21. The summed E-state index contributed by atoms with van der Waals surface area (Å²) in [5.74, 6) is 2.78. The lowest BCUT2D eigenvalue weighted by molar-refractivity contribution is -0.385. The first-order chi connectivity index (χ1) is 7.57. The number of benzene rings is 1. The molecule has 1 aromatic rings. The third kappa shape index (κ3) is 2.22. The van der Waals surface area contributed by atoms with E-state index in [9.17, 15) is 19.7 Å². The van der Waals surface area contributed by atoms with Crippen LogP contribution < -0.4 is 0 Å². The molecule has 0 aliphatic carbocycles. The summed E-state index contributed by atoms with van der Waals surface area (Å²) >= 11 is 0. The number of carboxylic acid groups (broad SMARTS) is 1. The number of nitrogens with zero attached hydrogens (tertiary/aromatic N) is 1. The fourth-order valence-electron chi connectivity index (χ4n) is 1.10. The molecule has 0 saturated heterocycles. The summed E-state index contributed by atoms with van der Waals surface area (Å²) < 4.78 is 0. The monoisotopic (exact) mass is 219 g/mol. The molecule has 0 aliphatic rings. The van der Waals surface area contributed by atoms with Crippen LogP contribution in [-0.4, -0.2) is 22.3 Å². The van der Waals surface area contributed by atoms with Gasteiger partial charge in [0, 0.05) is 6.07 Å². The lowest BCUT2D eigenvalue weighted by Gasteiger charge is -1.99. The normalized spacial score (nSPS) is 8.75. The SMILES string of the molecule is O=CC#Cc1c(C(=O)O)cccc1[N+](=O)[O-]. The number of hydrogen-bond donors (Lipinski definition) is 1. The smallest absolute Gasteiger partial charge is 0.337 e. The predicted octanol–water partition coefficient (Wildman–Crippen LogP) is 0.843. The summed E-state index contributed by atoms with van der Waals surface area (Å²) in [6, 6.07) is 3.55. The Morgan fingerprint density at radius 2 is 2.19 bits per heavy atom. The first-order valence-electron chi connectivity index (χ1n) is 4.03. The van der Waals surface area contributed by atoms with Crippen molar-refractivity contribution >= 4 is 17.9 Å². The molecule has 0 amide bonds. The van der Waals surface area contributed by atoms with Crippen LogP contribution in [0.1, 0.15) is 15.9 Å². The maximum absolute atomic E-state index is 10.8. The van der Waals surface area contributed by atoms with Crippen molar-refractivity contribution in [2.24, 2.45) is 0 Å². The second-order valence-electron chi connectivity index (χ2n) is 2.65. The average Bonchev–Trinajstić information content (AvgIpc) is 2.25. The molecule has 0 heterocycles. The van der Waals surface area contributed by atoms with Gasteiger partial charge in [0.05, 0.1) is 10.5 Å². The Balaban J connectivity index is 3.52. The molecule has 0 unspecified atom stereocenters. The molecule has 6 heteroatoms. The van der Waals surface area contributed by atoms with E-state index in [-0.39, 0.29) is 17.4 Å². The molecule has 80 valence electrons. The molecule has 1 aromatic carbocycles. The van der Waals surface area contributed by atoms with Crippen molar-refractivity contribution in [3.8, 4) is 11.8 Å². The fourth-order valence-corrected chi connectivity index (χ4v) is 1.10. The zero-order valence-electron chi connectivity index (χ0n) is 7.84. The van der Waals surface area contributed by atoms with Gasteiger partial charge < -0.3 is 5.11 Å². The number of carboxylic acids is 1. The summed E-state index contributed by atoms with van der Waals surface area (Å²) in [7, 11) is 0. The van der Waals surface area contributed by atoms with E-state index < -0.39 is 16.6 Å². The third-order valence-electron chi connectivity index (χ3n) is 1.73. The van der Waals surface area contributed by atoms with Gasteiger partial charge in [-0.3, -0.25) is 14.9 Å². The second kappa shape index (κ2) is 4.70. The van der Waals surface area contributed by atoms with E-state index in [0.29, 0.717) is 0 Å². The lowest BCUT2D eigenvalue weighted by atomic mass is 10.1. The molecule has 0 bridgehead atoms. The van der Waals surface area contributed by atoms with Crippen molar-refractivity contribution in [2.75, 3.05) is 0 Å². The molecule has 0 spiro atoms. The van der Waals surface area contributed by atoms with Crippen LogP contribution >= 0.6 is 0 Å². The second-order valence-corrected chi connectivity index (χ2v) is 2.65. The van der Waals surface area contributed by atoms with Gasteiger partial charge in [-0.15, -0.1) is 0 Å². The average molecular weight is 219 g/mol. The number of carbonyl (C=O) groups excluding carboxylic acids is 1. The Bertz CT molecular complexity index is 491. The molecular weight excluding hydrogens is 214 g/mol. The minimum absolute atomic E-state index is 0.238. The van der Waals surface area contributed by atoms with E-state index in [4.69, 9.17) is 5.11 Å². The van der Waals surface area contributed by atoms with E-state index in [1.54, 1.807) is 0 Å². The molecule has 0 aliphatic heterocycles. The minimum Gasteiger partial charge on any atom is -0.478 e. The molecular formula is C10H5NO5. The van der Waals surface area contributed by atoms with Crippen molar-refractivity contribution < 1.29 is 19.6 Å². The molecule has 0 saturated carbocycles. The summed E-state index contributed by atoms with van der Waals surface area (Å²) in [6.07, 6.45) is 0.238. The van der Waals surface area contributed by atoms with Gasteiger partial charge in [-0.05, 0) is 12.0 Å². The first kappa shape index (κ1) is 11.4. The minimum atomic E-state index is -1.33. The first-order valence-corrected chi connectivity index (χ1v) is 4.03. The van der Waals surface area contributed by atoms with E-state index in [1.165, 1.54) is 12.1 Å². The van der Waals surface area contributed by atoms with Crippen LogP contribution in [0, 0.1) is 22.0 Å².